The number of allylic oxidation sites excluding steroid dienone is 1. The zero-order valence-corrected chi connectivity index (χ0v) is 18.0. The van der Waals surface area contributed by atoms with Crippen molar-refractivity contribution in [3.8, 4) is 17.2 Å². The Balaban J connectivity index is 2.31. The SMILES string of the molecule is CCCOc1cc(C=CC(=O)c2ccc(OC)cc2)cc(OCCC)c1CCC. The van der Waals surface area contributed by atoms with Crippen LogP contribution in [-0.2, 0) is 6.42 Å². The molecule has 0 saturated heterocycles. The molecule has 0 amide bonds. The van der Waals surface area contributed by atoms with E-state index in [1.54, 1.807) is 37.5 Å². The highest BCUT2D eigenvalue weighted by Gasteiger charge is 2.13. The molecule has 0 saturated carbocycles. The standard InChI is InChI=1S/C25H32O4/c1-5-8-22-24(28-15-6-2)17-19(18-25(22)29-16-7-3)9-14-23(26)20-10-12-21(27-4)13-11-20/h9-14,17-18H,5-8,15-16H2,1-4H3. The number of hydrogen-bond donors (Lipinski definition) is 0. The third-order valence-corrected chi connectivity index (χ3v) is 4.42. The highest BCUT2D eigenvalue weighted by molar-refractivity contribution is 6.06. The lowest BCUT2D eigenvalue weighted by Gasteiger charge is -2.17. The predicted octanol–water partition coefficient (Wildman–Crippen LogP) is 6.12. The number of ether oxygens (including phenoxy) is 3. The predicted molar refractivity (Wildman–Crippen MR) is 118 cm³/mol. The molecule has 0 bridgehead atoms. The van der Waals surface area contributed by atoms with Gasteiger partial charge in [0.05, 0.1) is 20.3 Å². The first-order valence-electron chi connectivity index (χ1n) is 10.4. The third-order valence-electron chi connectivity index (χ3n) is 4.42. The number of hydrogen-bond acceptors (Lipinski definition) is 4. The van der Waals surface area contributed by atoms with Gasteiger partial charge in [0.25, 0.3) is 0 Å². The minimum atomic E-state index is -0.0580. The molecule has 0 aliphatic heterocycles. The van der Waals surface area contributed by atoms with Crippen LogP contribution >= 0.6 is 0 Å². The first kappa shape index (κ1) is 22.5. The molecule has 0 N–H and O–H groups in total. The minimum Gasteiger partial charge on any atom is -0.497 e. The van der Waals surface area contributed by atoms with E-state index in [1.807, 2.05) is 18.2 Å². The molecular weight excluding hydrogens is 364 g/mol. The van der Waals surface area contributed by atoms with Crippen LogP contribution in [0.15, 0.2) is 42.5 Å². The van der Waals surface area contributed by atoms with Gasteiger partial charge in [-0.25, -0.2) is 0 Å². The number of carbonyl (C=O) groups excluding carboxylic acids is 1. The zero-order valence-electron chi connectivity index (χ0n) is 18.0. The van der Waals surface area contributed by atoms with Gasteiger partial charge in [-0.1, -0.05) is 33.3 Å². The first-order valence-corrected chi connectivity index (χ1v) is 10.4. The molecular formula is C25H32O4. The molecule has 2 aromatic rings. The van der Waals surface area contributed by atoms with Gasteiger partial charge in [0.15, 0.2) is 5.78 Å². The Morgan fingerprint density at radius 3 is 1.97 bits per heavy atom. The van der Waals surface area contributed by atoms with E-state index in [4.69, 9.17) is 14.2 Å². The van der Waals surface area contributed by atoms with Crippen LogP contribution in [0.1, 0.15) is 61.5 Å². The van der Waals surface area contributed by atoms with Gasteiger partial charge in [-0.05, 0) is 67.3 Å². The van der Waals surface area contributed by atoms with Gasteiger partial charge in [-0.2, -0.15) is 0 Å². The second kappa shape index (κ2) is 11.9. The summed E-state index contributed by atoms with van der Waals surface area (Å²) >= 11 is 0. The van der Waals surface area contributed by atoms with Crippen molar-refractivity contribution < 1.29 is 19.0 Å². The molecule has 2 rings (SSSR count). The summed E-state index contributed by atoms with van der Waals surface area (Å²) in [6.07, 6.45) is 7.19. The average Bonchev–Trinajstić information content (AvgIpc) is 2.76. The lowest BCUT2D eigenvalue weighted by atomic mass is 10.0. The maximum atomic E-state index is 12.5. The van der Waals surface area contributed by atoms with Gasteiger partial charge in [-0.3, -0.25) is 4.79 Å². The van der Waals surface area contributed by atoms with E-state index in [-0.39, 0.29) is 5.78 Å². The quantitative estimate of drug-likeness (QED) is 0.320. The van der Waals surface area contributed by atoms with Crippen molar-refractivity contribution in [3.63, 3.8) is 0 Å². The Kier molecular flexibility index (Phi) is 9.29. The van der Waals surface area contributed by atoms with Gasteiger partial charge in [0, 0.05) is 11.1 Å². The number of rotatable bonds is 12. The van der Waals surface area contributed by atoms with E-state index in [9.17, 15) is 4.79 Å². The number of benzene rings is 2. The van der Waals surface area contributed by atoms with Crippen LogP contribution in [-0.4, -0.2) is 26.1 Å². The summed E-state index contributed by atoms with van der Waals surface area (Å²) in [6, 6.07) is 11.1. The maximum Gasteiger partial charge on any atom is 0.185 e. The topological polar surface area (TPSA) is 44.8 Å². The highest BCUT2D eigenvalue weighted by atomic mass is 16.5. The van der Waals surface area contributed by atoms with Crippen LogP contribution in [0.3, 0.4) is 0 Å². The van der Waals surface area contributed by atoms with E-state index < -0.39 is 0 Å². The molecule has 2 aromatic carbocycles. The van der Waals surface area contributed by atoms with E-state index >= 15 is 0 Å². The summed E-state index contributed by atoms with van der Waals surface area (Å²) in [5.41, 5.74) is 2.62. The molecule has 4 nitrogen and oxygen atoms in total. The molecule has 4 heteroatoms. The van der Waals surface area contributed by atoms with Gasteiger partial charge < -0.3 is 14.2 Å². The lowest BCUT2D eigenvalue weighted by Crippen LogP contribution is -2.04. The summed E-state index contributed by atoms with van der Waals surface area (Å²) in [5.74, 6) is 2.36. The molecule has 0 fully saturated rings. The van der Waals surface area contributed by atoms with Gasteiger partial charge in [0.1, 0.15) is 17.2 Å². The van der Waals surface area contributed by atoms with Crippen molar-refractivity contribution in [1.82, 2.24) is 0 Å². The van der Waals surface area contributed by atoms with Crippen molar-refractivity contribution >= 4 is 11.9 Å². The molecule has 0 unspecified atom stereocenters. The van der Waals surface area contributed by atoms with Crippen LogP contribution in [0.2, 0.25) is 0 Å². The van der Waals surface area contributed by atoms with Crippen molar-refractivity contribution in [2.45, 2.75) is 46.5 Å². The normalized spacial score (nSPS) is 10.9. The van der Waals surface area contributed by atoms with Gasteiger partial charge >= 0.3 is 0 Å². The van der Waals surface area contributed by atoms with Crippen LogP contribution in [0.5, 0.6) is 17.2 Å². The summed E-state index contributed by atoms with van der Waals surface area (Å²) in [7, 11) is 1.61. The Morgan fingerprint density at radius 1 is 0.897 bits per heavy atom. The van der Waals surface area contributed by atoms with Gasteiger partial charge in [-0.15, -0.1) is 0 Å². The van der Waals surface area contributed by atoms with Crippen molar-refractivity contribution in [3.05, 3.63) is 59.2 Å². The molecule has 0 aromatic heterocycles. The molecule has 0 atom stereocenters. The van der Waals surface area contributed by atoms with Crippen molar-refractivity contribution in [2.75, 3.05) is 20.3 Å². The summed E-state index contributed by atoms with van der Waals surface area (Å²) in [5, 5.41) is 0. The number of ketones is 1. The van der Waals surface area contributed by atoms with Crippen LogP contribution in [0, 0.1) is 0 Å². The molecule has 0 aliphatic rings. The fraction of sp³-hybridized carbons (Fsp3) is 0.400. The zero-order chi connectivity index (χ0) is 21.1. The Morgan fingerprint density at radius 2 is 1.48 bits per heavy atom. The molecule has 156 valence electrons. The van der Waals surface area contributed by atoms with Crippen LogP contribution < -0.4 is 14.2 Å². The van der Waals surface area contributed by atoms with Gasteiger partial charge in [0.2, 0.25) is 0 Å². The van der Waals surface area contributed by atoms with Crippen molar-refractivity contribution in [1.29, 1.82) is 0 Å². The largest absolute Gasteiger partial charge is 0.497 e. The second-order valence-electron chi connectivity index (χ2n) is 6.87. The number of carbonyl (C=O) groups is 1. The van der Waals surface area contributed by atoms with E-state index in [2.05, 4.69) is 20.8 Å². The Labute approximate surface area is 174 Å². The third kappa shape index (κ3) is 6.67. The average molecular weight is 397 g/mol. The Bertz CT molecular complexity index is 777. The first-order chi connectivity index (χ1) is 14.1. The molecule has 0 spiro atoms. The van der Waals surface area contributed by atoms with Crippen LogP contribution in [0.25, 0.3) is 6.08 Å². The smallest absolute Gasteiger partial charge is 0.185 e. The summed E-state index contributed by atoms with van der Waals surface area (Å²) < 4.78 is 17.2. The van der Waals surface area contributed by atoms with E-state index in [1.165, 1.54) is 0 Å². The summed E-state index contributed by atoms with van der Waals surface area (Å²) in [4.78, 5) is 12.5. The second-order valence-corrected chi connectivity index (χ2v) is 6.87. The van der Waals surface area contributed by atoms with E-state index in [0.717, 1.165) is 54.1 Å². The minimum absolute atomic E-state index is 0.0580. The monoisotopic (exact) mass is 396 g/mol. The molecule has 29 heavy (non-hydrogen) atoms. The van der Waals surface area contributed by atoms with Crippen molar-refractivity contribution in [2.24, 2.45) is 0 Å². The van der Waals surface area contributed by atoms with Crippen LogP contribution in [0.4, 0.5) is 0 Å². The lowest BCUT2D eigenvalue weighted by molar-refractivity contribution is 0.104. The highest BCUT2D eigenvalue weighted by Crippen LogP contribution is 2.33. The van der Waals surface area contributed by atoms with E-state index in [0.29, 0.717) is 18.8 Å². The maximum absolute atomic E-state index is 12.5. The number of methoxy groups -OCH3 is 1. The molecule has 0 radical (unpaired) electrons. The molecule has 0 heterocycles. The summed E-state index contributed by atoms with van der Waals surface area (Å²) in [6.45, 7) is 7.63. The molecule has 0 aliphatic carbocycles. The fourth-order valence-corrected chi connectivity index (χ4v) is 2.94. The Hall–Kier alpha value is -2.75. The fourth-order valence-electron chi connectivity index (χ4n) is 2.94.